The summed E-state index contributed by atoms with van der Waals surface area (Å²) in [5.74, 6) is -0.868. The van der Waals surface area contributed by atoms with E-state index < -0.39 is 6.04 Å². The lowest BCUT2D eigenvalue weighted by atomic mass is 9.95. The molecule has 2 atom stereocenters. The van der Waals surface area contributed by atoms with E-state index in [1.54, 1.807) is 11.8 Å². The van der Waals surface area contributed by atoms with Crippen molar-refractivity contribution in [2.45, 2.75) is 46.1 Å². The minimum atomic E-state index is -0.595. The van der Waals surface area contributed by atoms with Crippen LogP contribution in [0.4, 0.5) is 0 Å². The van der Waals surface area contributed by atoms with E-state index in [2.05, 4.69) is 5.32 Å². The Balaban J connectivity index is 1.99. The molecule has 2 rings (SSSR count). The molecule has 6 heteroatoms. The van der Waals surface area contributed by atoms with Crippen molar-refractivity contribution in [3.8, 4) is 0 Å². The number of benzene rings is 1. The number of ether oxygens (including phenoxy) is 1. The van der Waals surface area contributed by atoms with Crippen LogP contribution in [0.5, 0.6) is 0 Å². The predicted octanol–water partition coefficient (Wildman–Crippen LogP) is 2.17. The predicted molar refractivity (Wildman–Crippen MR) is 103 cm³/mol. The number of piperidine rings is 1. The zero-order valence-corrected chi connectivity index (χ0v) is 16.4. The molecule has 1 fully saturated rings. The topological polar surface area (TPSA) is 75.7 Å². The highest BCUT2D eigenvalue weighted by Gasteiger charge is 2.34. The van der Waals surface area contributed by atoms with E-state index in [-0.39, 0.29) is 36.0 Å². The van der Waals surface area contributed by atoms with Gasteiger partial charge in [0.15, 0.2) is 0 Å². The smallest absolute Gasteiger partial charge is 0.310 e. The summed E-state index contributed by atoms with van der Waals surface area (Å²) in [7, 11) is 0. The first-order valence-corrected chi connectivity index (χ1v) is 9.71. The van der Waals surface area contributed by atoms with Crippen molar-refractivity contribution in [1.82, 2.24) is 10.2 Å². The van der Waals surface area contributed by atoms with Gasteiger partial charge in [0.1, 0.15) is 6.04 Å². The first-order chi connectivity index (χ1) is 12.9. The average Bonchev–Trinajstić information content (AvgIpc) is 2.66. The minimum Gasteiger partial charge on any atom is -0.466 e. The van der Waals surface area contributed by atoms with Gasteiger partial charge >= 0.3 is 5.97 Å². The van der Waals surface area contributed by atoms with Gasteiger partial charge in [0, 0.05) is 13.1 Å². The fourth-order valence-electron chi connectivity index (χ4n) is 3.35. The maximum atomic E-state index is 13.0. The first kappa shape index (κ1) is 20.9. The fraction of sp³-hybridized carbons (Fsp3) is 0.571. The molecule has 0 aliphatic carbocycles. The maximum Gasteiger partial charge on any atom is 0.310 e. The normalized spacial score (nSPS) is 18.1. The number of esters is 1. The molecule has 0 saturated carbocycles. The summed E-state index contributed by atoms with van der Waals surface area (Å²) in [5.41, 5.74) is 0.908. The second kappa shape index (κ2) is 10.1. The third-order valence-corrected chi connectivity index (χ3v) is 4.81. The van der Waals surface area contributed by atoms with Crippen LogP contribution in [0, 0.1) is 11.8 Å². The summed E-state index contributed by atoms with van der Waals surface area (Å²) in [6.45, 7) is 6.91. The molecule has 2 amide bonds. The van der Waals surface area contributed by atoms with Crippen LogP contribution in [0.2, 0.25) is 0 Å². The van der Waals surface area contributed by atoms with E-state index in [9.17, 15) is 14.4 Å². The van der Waals surface area contributed by atoms with Crippen LogP contribution >= 0.6 is 0 Å². The van der Waals surface area contributed by atoms with Crippen molar-refractivity contribution in [3.05, 3.63) is 35.9 Å². The van der Waals surface area contributed by atoms with Gasteiger partial charge in [-0.05, 0) is 31.2 Å². The standard InChI is InChI=1S/C21H30N2O4/c1-4-27-21(26)17-11-8-12-23(14-17)20(25)19(15(2)3)22-18(24)13-16-9-6-5-7-10-16/h5-7,9-10,15,17,19H,4,8,11-14H2,1-3H3,(H,22,24). The Hall–Kier alpha value is -2.37. The van der Waals surface area contributed by atoms with Gasteiger partial charge in [0.05, 0.1) is 18.9 Å². The Kier molecular flexibility index (Phi) is 7.82. The Bertz CT molecular complexity index is 645. The lowest BCUT2D eigenvalue weighted by Gasteiger charge is -2.35. The van der Waals surface area contributed by atoms with E-state index in [4.69, 9.17) is 4.74 Å². The summed E-state index contributed by atoms with van der Waals surface area (Å²) in [6, 6.07) is 8.86. The van der Waals surface area contributed by atoms with Crippen LogP contribution in [0.25, 0.3) is 0 Å². The van der Waals surface area contributed by atoms with E-state index in [0.29, 0.717) is 19.7 Å². The SMILES string of the molecule is CCOC(=O)C1CCCN(C(=O)C(NC(=O)Cc2ccccc2)C(C)C)C1. The van der Waals surface area contributed by atoms with Crippen molar-refractivity contribution in [2.75, 3.05) is 19.7 Å². The number of likely N-dealkylation sites (tertiary alicyclic amines) is 1. The van der Waals surface area contributed by atoms with Crippen LogP contribution in [-0.2, 0) is 25.5 Å². The Morgan fingerprint density at radius 3 is 2.56 bits per heavy atom. The average molecular weight is 374 g/mol. The number of nitrogens with zero attached hydrogens (tertiary/aromatic N) is 1. The van der Waals surface area contributed by atoms with Crippen LogP contribution in [0.1, 0.15) is 39.2 Å². The molecule has 6 nitrogen and oxygen atoms in total. The highest BCUT2D eigenvalue weighted by Crippen LogP contribution is 2.20. The second-order valence-electron chi connectivity index (χ2n) is 7.33. The molecular formula is C21H30N2O4. The monoisotopic (exact) mass is 374 g/mol. The number of carbonyl (C=O) groups is 3. The van der Waals surface area contributed by atoms with Gasteiger partial charge in [-0.25, -0.2) is 0 Å². The zero-order valence-electron chi connectivity index (χ0n) is 16.4. The van der Waals surface area contributed by atoms with Crippen LogP contribution in [-0.4, -0.2) is 48.4 Å². The molecule has 0 aromatic heterocycles. The van der Waals surface area contributed by atoms with Gasteiger partial charge in [0.25, 0.3) is 0 Å². The molecular weight excluding hydrogens is 344 g/mol. The summed E-state index contributed by atoms with van der Waals surface area (Å²) < 4.78 is 5.10. The maximum absolute atomic E-state index is 13.0. The first-order valence-electron chi connectivity index (χ1n) is 9.71. The molecule has 1 aliphatic heterocycles. The molecule has 0 bridgehead atoms. The Labute approximate surface area is 161 Å². The quantitative estimate of drug-likeness (QED) is 0.742. The molecule has 1 heterocycles. The van der Waals surface area contributed by atoms with Crippen LogP contribution in [0.15, 0.2) is 30.3 Å². The fourth-order valence-corrected chi connectivity index (χ4v) is 3.35. The summed E-state index contributed by atoms with van der Waals surface area (Å²) in [5, 5.41) is 2.88. The number of nitrogens with one attached hydrogen (secondary N) is 1. The van der Waals surface area contributed by atoms with E-state index in [1.165, 1.54) is 0 Å². The molecule has 1 aliphatic rings. The highest BCUT2D eigenvalue weighted by molar-refractivity contribution is 5.89. The zero-order chi connectivity index (χ0) is 19.8. The van der Waals surface area contributed by atoms with Crippen molar-refractivity contribution in [2.24, 2.45) is 11.8 Å². The lowest BCUT2D eigenvalue weighted by molar-refractivity contribution is -0.152. The summed E-state index contributed by atoms with van der Waals surface area (Å²) >= 11 is 0. The molecule has 2 unspecified atom stereocenters. The highest BCUT2D eigenvalue weighted by atomic mass is 16.5. The van der Waals surface area contributed by atoms with Crippen LogP contribution < -0.4 is 5.32 Å². The third kappa shape index (κ3) is 6.08. The molecule has 0 radical (unpaired) electrons. The summed E-state index contributed by atoms with van der Waals surface area (Å²) in [4.78, 5) is 39.1. The minimum absolute atomic E-state index is 0.0415. The molecule has 148 valence electrons. The van der Waals surface area contributed by atoms with Gasteiger partial charge in [0.2, 0.25) is 11.8 Å². The number of amides is 2. The molecule has 1 N–H and O–H groups in total. The van der Waals surface area contributed by atoms with E-state index in [0.717, 1.165) is 18.4 Å². The number of hydrogen-bond donors (Lipinski definition) is 1. The van der Waals surface area contributed by atoms with Crippen LogP contribution in [0.3, 0.4) is 0 Å². The van der Waals surface area contributed by atoms with Gasteiger partial charge in [-0.1, -0.05) is 44.2 Å². The van der Waals surface area contributed by atoms with Crippen molar-refractivity contribution < 1.29 is 19.1 Å². The number of carbonyl (C=O) groups excluding carboxylic acids is 3. The number of hydrogen-bond acceptors (Lipinski definition) is 4. The molecule has 27 heavy (non-hydrogen) atoms. The van der Waals surface area contributed by atoms with E-state index >= 15 is 0 Å². The van der Waals surface area contributed by atoms with Gasteiger partial charge in [-0.3, -0.25) is 14.4 Å². The van der Waals surface area contributed by atoms with E-state index in [1.807, 2.05) is 44.2 Å². The number of rotatable bonds is 7. The molecule has 0 spiro atoms. The van der Waals surface area contributed by atoms with Crippen molar-refractivity contribution in [1.29, 1.82) is 0 Å². The lowest BCUT2D eigenvalue weighted by Crippen LogP contribution is -2.54. The largest absolute Gasteiger partial charge is 0.466 e. The summed E-state index contributed by atoms with van der Waals surface area (Å²) in [6.07, 6.45) is 1.73. The molecule has 1 aromatic carbocycles. The van der Waals surface area contributed by atoms with Gasteiger partial charge in [-0.2, -0.15) is 0 Å². The third-order valence-electron chi connectivity index (χ3n) is 4.81. The van der Waals surface area contributed by atoms with Crippen molar-refractivity contribution in [3.63, 3.8) is 0 Å². The van der Waals surface area contributed by atoms with Crippen molar-refractivity contribution >= 4 is 17.8 Å². The second-order valence-corrected chi connectivity index (χ2v) is 7.33. The molecule has 1 saturated heterocycles. The molecule has 1 aromatic rings. The van der Waals surface area contributed by atoms with Gasteiger partial charge in [-0.15, -0.1) is 0 Å². The Morgan fingerprint density at radius 2 is 1.93 bits per heavy atom. The van der Waals surface area contributed by atoms with Gasteiger partial charge < -0.3 is 15.0 Å². The Morgan fingerprint density at radius 1 is 1.22 bits per heavy atom.